The molecule has 0 radical (unpaired) electrons. The van der Waals surface area contributed by atoms with E-state index in [1.165, 1.54) is 7.11 Å². The number of hydrogen-bond acceptors (Lipinski definition) is 5. The number of nitrogens with zero attached hydrogens (tertiary/aromatic N) is 3. The van der Waals surface area contributed by atoms with Crippen molar-refractivity contribution < 1.29 is 14.3 Å². The zero-order chi connectivity index (χ0) is 14.5. The Balaban J connectivity index is 2.18. The molecule has 1 atom stereocenters. The zero-order valence-electron chi connectivity index (χ0n) is 10.8. The number of hydrogen-bond donors (Lipinski definition) is 2. The smallest absolute Gasteiger partial charge is 0.337 e. The number of carbonyl (C=O) groups excluding carboxylic acids is 2. The Kier molecular flexibility index (Phi) is 4.07. The monoisotopic (exact) mass is 275 g/mol. The fourth-order valence-corrected chi connectivity index (χ4v) is 1.93. The summed E-state index contributed by atoms with van der Waals surface area (Å²) in [6.45, 7) is 0.216. The first-order chi connectivity index (χ1) is 9.65. The van der Waals surface area contributed by atoms with E-state index in [2.05, 4.69) is 25.4 Å². The summed E-state index contributed by atoms with van der Waals surface area (Å²) in [4.78, 5) is 25.9. The van der Waals surface area contributed by atoms with Crippen molar-refractivity contribution in [2.75, 3.05) is 24.3 Å². The zero-order valence-corrected chi connectivity index (χ0v) is 10.8. The normalized spacial score (nSPS) is 16.2. The third-order valence-corrected chi connectivity index (χ3v) is 2.93. The molecule has 0 saturated carbocycles. The molecule has 1 aromatic carbocycles. The fourth-order valence-electron chi connectivity index (χ4n) is 1.93. The maximum Gasteiger partial charge on any atom is 0.337 e. The number of methoxy groups -OCH3 is 1. The number of azide groups is 1. The highest BCUT2D eigenvalue weighted by molar-refractivity contribution is 6.04. The fraction of sp³-hybridized carbons (Fsp3) is 0.333. The van der Waals surface area contributed by atoms with E-state index >= 15 is 0 Å². The summed E-state index contributed by atoms with van der Waals surface area (Å²) in [5, 5.41) is 9.16. The molecule has 0 aromatic heterocycles. The van der Waals surface area contributed by atoms with E-state index in [1.54, 1.807) is 18.2 Å². The van der Waals surface area contributed by atoms with E-state index in [-0.39, 0.29) is 12.5 Å². The van der Waals surface area contributed by atoms with Crippen molar-refractivity contribution >= 4 is 23.3 Å². The van der Waals surface area contributed by atoms with Gasteiger partial charge in [0.1, 0.15) is 6.04 Å². The molecule has 1 aliphatic rings. The largest absolute Gasteiger partial charge is 0.465 e. The minimum atomic E-state index is -0.499. The molecule has 8 heteroatoms. The van der Waals surface area contributed by atoms with Gasteiger partial charge in [-0.05, 0) is 30.2 Å². The van der Waals surface area contributed by atoms with Crippen LogP contribution >= 0.6 is 0 Å². The summed E-state index contributed by atoms with van der Waals surface area (Å²) < 4.78 is 4.65. The number of esters is 1. The van der Waals surface area contributed by atoms with Crippen LogP contribution in [-0.2, 0) is 9.53 Å². The van der Waals surface area contributed by atoms with Crippen LogP contribution in [0.1, 0.15) is 16.8 Å². The Morgan fingerprint density at radius 3 is 3.00 bits per heavy atom. The van der Waals surface area contributed by atoms with E-state index in [1.807, 2.05) is 0 Å². The van der Waals surface area contributed by atoms with Crippen molar-refractivity contribution in [1.29, 1.82) is 0 Å². The highest BCUT2D eigenvalue weighted by Crippen LogP contribution is 2.28. The first-order valence-corrected chi connectivity index (χ1v) is 5.96. The van der Waals surface area contributed by atoms with Gasteiger partial charge in [0.25, 0.3) is 0 Å². The number of carbonyl (C=O) groups is 2. The highest BCUT2D eigenvalue weighted by atomic mass is 16.5. The lowest BCUT2D eigenvalue weighted by atomic mass is 10.1. The molecular formula is C12H13N5O3. The molecule has 1 aromatic rings. The van der Waals surface area contributed by atoms with Crippen molar-refractivity contribution in [2.24, 2.45) is 5.11 Å². The summed E-state index contributed by atoms with van der Waals surface area (Å²) in [6.07, 6.45) is 0.373. The van der Waals surface area contributed by atoms with Crippen molar-refractivity contribution in [3.63, 3.8) is 0 Å². The molecule has 2 N–H and O–H groups in total. The van der Waals surface area contributed by atoms with Crippen LogP contribution in [0.5, 0.6) is 0 Å². The first-order valence-electron chi connectivity index (χ1n) is 5.96. The topological polar surface area (TPSA) is 116 Å². The van der Waals surface area contributed by atoms with Crippen LogP contribution in [0.4, 0.5) is 11.4 Å². The van der Waals surface area contributed by atoms with Gasteiger partial charge in [0.2, 0.25) is 5.91 Å². The molecule has 104 valence electrons. The van der Waals surface area contributed by atoms with Crippen molar-refractivity contribution in [3.05, 3.63) is 34.2 Å². The van der Waals surface area contributed by atoms with Crippen LogP contribution in [0.25, 0.3) is 10.4 Å². The molecule has 0 aliphatic carbocycles. The van der Waals surface area contributed by atoms with Gasteiger partial charge in [-0.2, -0.15) is 0 Å². The van der Waals surface area contributed by atoms with E-state index in [9.17, 15) is 9.59 Å². The van der Waals surface area contributed by atoms with E-state index in [4.69, 9.17) is 5.53 Å². The van der Waals surface area contributed by atoms with E-state index in [0.717, 1.165) is 0 Å². The molecule has 2 rings (SSSR count). The Morgan fingerprint density at radius 2 is 2.30 bits per heavy atom. The SMILES string of the molecule is COC(=O)c1ccc2c(c1)NC(CCN=[N+]=[N-])C(=O)N2. The van der Waals surface area contributed by atoms with Gasteiger partial charge in [-0.25, -0.2) is 4.79 Å². The van der Waals surface area contributed by atoms with Crippen molar-refractivity contribution in [1.82, 2.24) is 0 Å². The molecular weight excluding hydrogens is 262 g/mol. The van der Waals surface area contributed by atoms with Gasteiger partial charge in [-0.15, -0.1) is 0 Å². The molecule has 0 spiro atoms. The van der Waals surface area contributed by atoms with Gasteiger partial charge in [-0.3, -0.25) is 4.79 Å². The molecule has 0 saturated heterocycles. The Labute approximate surface area is 114 Å². The standard InChI is InChI=1S/C12H13N5O3/c1-20-12(19)7-2-3-8-10(6-7)15-9(11(18)16-8)4-5-14-17-13/h2-3,6,9,15H,4-5H2,1H3,(H,16,18). The summed E-state index contributed by atoms with van der Waals surface area (Å²) in [5.41, 5.74) is 9.86. The summed E-state index contributed by atoms with van der Waals surface area (Å²) in [6, 6.07) is 4.32. The number of nitrogens with one attached hydrogen (secondary N) is 2. The quantitative estimate of drug-likeness (QED) is 0.377. The lowest BCUT2D eigenvalue weighted by Gasteiger charge is -2.26. The van der Waals surface area contributed by atoms with Crippen molar-refractivity contribution in [2.45, 2.75) is 12.5 Å². The van der Waals surface area contributed by atoms with Crippen LogP contribution in [0.2, 0.25) is 0 Å². The highest BCUT2D eigenvalue weighted by Gasteiger charge is 2.25. The van der Waals surface area contributed by atoms with Crippen LogP contribution in [-0.4, -0.2) is 31.6 Å². The molecule has 0 bridgehead atoms. The minimum Gasteiger partial charge on any atom is -0.465 e. The second-order valence-corrected chi connectivity index (χ2v) is 4.18. The number of rotatable bonds is 4. The van der Waals surface area contributed by atoms with Crippen LogP contribution < -0.4 is 10.6 Å². The van der Waals surface area contributed by atoms with Gasteiger partial charge in [-0.1, -0.05) is 5.11 Å². The molecule has 1 aliphatic heterocycles. The molecule has 1 heterocycles. The molecule has 8 nitrogen and oxygen atoms in total. The summed E-state index contributed by atoms with van der Waals surface area (Å²) in [7, 11) is 1.31. The van der Waals surface area contributed by atoms with Gasteiger partial charge >= 0.3 is 5.97 Å². The third kappa shape index (κ3) is 2.81. The lowest BCUT2D eigenvalue weighted by Crippen LogP contribution is -2.39. The molecule has 0 fully saturated rings. The van der Waals surface area contributed by atoms with Gasteiger partial charge in [0.05, 0.1) is 24.0 Å². The Bertz CT molecular complexity index is 595. The number of amides is 1. The average molecular weight is 275 g/mol. The van der Waals surface area contributed by atoms with Crippen molar-refractivity contribution in [3.8, 4) is 0 Å². The second-order valence-electron chi connectivity index (χ2n) is 4.18. The Hall–Kier alpha value is -2.73. The van der Waals surface area contributed by atoms with Crippen LogP contribution in [0, 0.1) is 0 Å². The summed E-state index contributed by atoms with van der Waals surface area (Å²) in [5.74, 6) is -0.645. The number of benzene rings is 1. The summed E-state index contributed by atoms with van der Waals surface area (Å²) >= 11 is 0. The minimum absolute atomic E-state index is 0.198. The first kappa shape index (κ1) is 13.7. The number of ether oxygens (including phenoxy) is 1. The number of fused-ring (bicyclic) bond motifs is 1. The van der Waals surface area contributed by atoms with E-state index in [0.29, 0.717) is 23.4 Å². The third-order valence-electron chi connectivity index (χ3n) is 2.93. The van der Waals surface area contributed by atoms with Crippen LogP contribution in [0.15, 0.2) is 23.3 Å². The molecule has 20 heavy (non-hydrogen) atoms. The lowest BCUT2D eigenvalue weighted by molar-refractivity contribution is -0.117. The molecule has 1 unspecified atom stereocenters. The van der Waals surface area contributed by atoms with Gasteiger partial charge in [0.15, 0.2) is 0 Å². The molecule has 1 amide bonds. The van der Waals surface area contributed by atoms with Gasteiger partial charge in [0, 0.05) is 11.5 Å². The predicted octanol–water partition coefficient (Wildman–Crippen LogP) is 1.91. The Morgan fingerprint density at radius 1 is 1.50 bits per heavy atom. The second kappa shape index (κ2) is 5.94. The van der Waals surface area contributed by atoms with Crippen LogP contribution in [0.3, 0.4) is 0 Å². The van der Waals surface area contributed by atoms with E-state index < -0.39 is 12.0 Å². The average Bonchev–Trinajstić information content (AvgIpc) is 2.46. The predicted molar refractivity (Wildman–Crippen MR) is 72.5 cm³/mol. The maximum atomic E-state index is 11.8. The maximum absolute atomic E-state index is 11.8. The number of anilines is 2. The van der Waals surface area contributed by atoms with Gasteiger partial charge < -0.3 is 15.4 Å².